The van der Waals surface area contributed by atoms with E-state index >= 15 is 0 Å². The van der Waals surface area contributed by atoms with Gasteiger partial charge in [-0.3, -0.25) is 10.1 Å². The fourth-order valence-electron chi connectivity index (χ4n) is 2.88. The van der Waals surface area contributed by atoms with Gasteiger partial charge in [0.1, 0.15) is 17.6 Å². The van der Waals surface area contributed by atoms with E-state index in [1.807, 2.05) is 4.90 Å². The molecule has 0 aliphatic carbocycles. The number of rotatable bonds is 4. The molecule has 1 aromatic heterocycles. The van der Waals surface area contributed by atoms with Crippen molar-refractivity contribution in [1.82, 2.24) is 14.8 Å². The van der Waals surface area contributed by atoms with E-state index in [0.717, 1.165) is 18.9 Å². The Labute approximate surface area is 138 Å². The van der Waals surface area contributed by atoms with Crippen LogP contribution >= 0.6 is 0 Å². The minimum absolute atomic E-state index is 0.194. The van der Waals surface area contributed by atoms with Gasteiger partial charge in [0, 0.05) is 25.2 Å². The number of sulfonamides is 1. The number of hydrogen-bond acceptors (Lipinski definition) is 7. The summed E-state index contributed by atoms with van der Waals surface area (Å²) in [5, 5.41) is 20.2. The predicted molar refractivity (Wildman–Crippen MR) is 85.0 cm³/mol. The topological polar surface area (TPSA) is 137 Å². The van der Waals surface area contributed by atoms with Crippen molar-refractivity contribution in [2.45, 2.75) is 23.8 Å². The summed E-state index contributed by atoms with van der Waals surface area (Å²) in [6.45, 7) is 1.18. The number of nitro groups is 1. The van der Waals surface area contributed by atoms with E-state index in [1.54, 1.807) is 11.0 Å². The second-order valence-corrected chi connectivity index (χ2v) is 7.08. The van der Waals surface area contributed by atoms with Crippen LogP contribution in [0.2, 0.25) is 0 Å². The zero-order valence-corrected chi connectivity index (χ0v) is 13.5. The van der Waals surface area contributed by atoms with E-state index in [9.17, 15) is 18.5 Å². The molecule has 2 heterocycles. The van der Waals surface area contributed by atoms with Gasteiger partial charge in [0.25, 0.3) is 5.69 Å². The molecule has 0 bridgehead atoms. The number of anilines is 1. The van der Waals surface area contributed by atoms with Crippen molar-refractivity contribution in [1.29, 1.82) is 0 Å². The fraction of sp³-hybridized carbons (Fsp3) is 0.385. The Kier molecular flexibility index (Phi) is 4.20. The number of nitro benzene ring substituents is 1. The molecule has 0 radical (unpaired) electrons. The zero-order chi connectivity index (χ0) is 17.3. The molecule has 0 saturated carbocycles. The average Bonchev–Trinajstić information content (AvgIpc) is 3.08. The number of benzene rings is 1. The van der Waals surface area contributed by atoms with Crippen LogP contribution < -0.4 is 10.0 Å². The lowest BCUT2D eigenvalue weighted by atomic mass is 10.0. The quantitative estimate of drug-likeness (QED) is 0.630. The van der Waals surface area contributed by atoms with Crippen molar-refractivity contribution in [3.8, 4) is 0 Å². The minimum atomic E-state index is -4.07. The average molecular weight is 352 g/mol. The van der Waals surface area contributed by atoms with E-state index in [1.165, 1.54) is 18.5 Å². The molecule has 0 unspecified atom stereocenters. The van der Waals surface area contributed by atoms with Crippen molar-refractivity contribution in [3.05, 3.63) is 41.0 Å². The Morgan fingerprint density at radius 3 is 2.54 bits per heavy atom. The zero-order valence-electron chi connectivity index (χ0n) is 12.6. The van der Waals surface area contributed by atoms with Crippen LogP contribution in [0.15, 0.2) is 35.7 Å². The molecule has 3 rings (SSSR count). The van der Waals surface area contributed by atoms with Crippen molar-refractivity contribution in [2.75, 3.05) is 18.0 Å². The third kappa shape index (κ3) is 3.21. The molecule has 11 heteroatoms. The van der Waals surface area contributed by atoms with Crippen molar-refractivity contribution < 1.29 is 13.3 Å². The highest BCUT2D eigenvalue weighted by atomic mass is 32.2. The van der Waals surface area contributed by atoms with E-state index in [0.29, 0.717) is 18.8 Å². The Bertz CT molecular complexity index is 843. The second-order valence-electron chi connectivity index (χ2n) is 5.55. The molecule has 128 valence electrons. The predicted octanol–water partition coefficient (Wildman–Crippen LogP) is 0.675. The van der Waals surface area contributed by atoms with Gasteiger partial charge in [-0.2, -0.15) is 5.10 Å². The van der Waals surface area contributed by atoms with E-state index in [4.69, 9.17) is 5.14 Å². The third-order valence-corrected chi connectivity index (χ3v) is 5.02. The van der Waals surface area contributed by atoms with Crippen LogP contribution in [0.25, 0.3) is 0 Å². The van der Waals surface area contributed by atoms with Crippen LogP contribution in [0, 0.1) is 10.1 Å². The summed E-state index contributed by atoms with van der Waals surface area (Å²) in [7, 11) is -4.07. The van der Waals surface area contributed by atoms with Gasteiger partial charge >= 0.3 is 0 Å². The van der Waals surface area contributed by atoms with Crippen molar-refractivity contribution >= 4 is 21.4 Å². The lowest BCUT2D eigenvalue weighted by molar-refractivity contribution is -0.385. The summed E-state index contributed by atoms with van der Waals surface area (Å²) in [4.78, 5) is 15.8. The number of nitrogens with zero attached hydrogens (tertiary/aromatic N) is 5. The smallest absolute Gasteiger partial charge is 0.270 e. The number of non-ortho nitro benzene ring substituents is 1. The molecule has 0 amide bonds. The standard InChI is InChI=1S/C13H16N6O4S/c14-24(22,23)13-7-11(19(20)21)1-2-12(13)17-5-3-10(4-6-17)18-9-15-8-16-18/h1-2,7-10H,3-6H2,(H2,14,22,23). The maximum Gasteiger partial charge on any atom is 0.270 e. The monoisotopic (exact) mass is 352 g/mol. The largest absolute Gasteiger partial charge is 0.370 e. The van der Waals surface area contributed by atoms with Crippen LogP contribution in [0.4, 0.5) is 11.4 Å². The molecule has 24 heavy (non-hydrogen) atoms. The molecule has 2 aromatic rings. The molecule has 1 aliphatic rings. The summed E-state index contributed by atoms with van der Waals surface area (Å²) >= 11 is 0. The van der Waals surface area contributed by atoms with Crippen LogP contribution in [-0.4, -0.2) is 41.2 Å². The highest BCUT2D eigenvalue weighted by molar-refractivity contribution is 7.89. The lowest BCUT2D eigenvalue weighted by Crippen LogP contribution is -2.36. The van der Waals surface area contributed by atoms with Crippen LogP contribution in [-0.2, 0) is 10.0 Å². The number of nitrogens with two attached hydrogens (primary N) is 1. The van der Waals surface area contributed by atoms with Gasteiger partial charge in [-0.15, -0.1) is 0 Å². The molecule has 0 spiro atoms. The summed E-state index contributed by atoms with van der Waals surface area (Å²) < 4.78 is 25.4. The number of primary sulfonamides is 1. The molecule has 1 aromatic carbocycles. The van der Waals surface area contributed by atoms with Gasteiger partial charge in [0.2, 0.25) is 10.0 Å². The Balaban J connectivity index is 1.86. The molecule has 1 saturated heterocycles. The van der Waals surface area contributed by atoms with Gasteiger partial charge in [0.05, 0.1) is 16.7 Å². The first kappa shape index (κ1) is 16.3. The van der Waals surface area contributed by atoms with E-state index in [2.05, 4.69) is 10.1 Å². The van der Waals surface area contributed by atoms with Gasteiger partial charge < -0.3 is 4.90 Å². The van der Waals surface area contributed by atoms with Crippen molar-refractivity contribution in [3.63, 3.8) is 0 Å². The number of piperidine rings is 1. The lowest BCUT2D eigenvalue weighted by Gasteiger charge is -2.34. The Hall–Kier alpha value is -2.53. The van der Waals surface area contributed by atoms with Gasteiger partial charge in [-0.1, -0.05) is 0 Å². The summed E-state index contributed by atoms with van der Waals surface area (Å²) in [6.07, 6.45) is 4.64. The minimum Gasteiger partial charge on any atom is -0.370 e. The molecule has 2 N–H and O–H groups in total. The number of aromatic nitrogens is 3. The second kappa shape index (κ2) is 6.17. The first-order chi connectivity index (χ1) is 11.4. The molecular weight excluding hydrogens is 336 g/mol. The molecule has 1 fully saturated rings. The van der Waals surface area contributed by atoms with E-state index in [-0.39, 0.29) is 16.6 Å². The Morgan fingerprint density at radius 1 is 1.29 bits per heavy atom. The van der Waals surface area contributed by atoms with E-state index < -0.39 is 14.9 Å². The van der Waals surface area contributed by atoms with Crippen LogP contribution in [0.1, 0.15) is 18.9 Å². The maximum absolute atomic E-state index is 11.8. The summed E-state index contributed by atoms with van der Waals surface area (Å²) in [6, 6.07) is 3.93. The highest BCUT2D eigenvalue weighted by Gasteiger charge is 2.26. The normalized spacial score (nSPS) is 16.3. The van der Waals surface area contributed by atoms with Gasteiger partial charge in [0.15, 0.2) is 0 Å². The summed E-state index contributed by atoms with van der Waals surface area (Å²) in [5.41, 5.74) is 0.0837. The SMILES string of the molecule is NS(=O)(=O)c1cc([N+](=O)[O-])ccc1N1CCC(n2cncn2)CC1. The molecule has 1 aliphatic heterocycles. The third-order valence-electron chi connectivity index (χ3n) is 4.08. The molecular formula is C13H16N6O4S. The Morgan fingerprint density at radius 2 is 2.00 bits per heavy atom. The highest BCUT2D eigenvalue weighted by Crippen LogP contribution is 2.32. The first-order valence-electron chi connectivity index (χ1n) is 7.26. The van der Waals surface area contributed by atoms with Crippen LogP contribution in [0.5, 0.6) is 0 Å². The van der Waals surface area contributed by atoms with Crippen molar-refractivity contribution in [2.24, 2.45) is 5.14 Å². The van der Waals surface area contributed by atoms with Gasteiger partial charge in [-0.05, 0) is 18.9 Å². The molecule has 10 nitrogen and oxygen atoms in total. The summed E-state index contributed by atoms with van der Waals surface area (Å²) in [5.74, 6) is 0. The van der Waals surface area contributed by atoms with Gasteiger partial charge in [-0.25, -0.2) is 23.2 Å². The number of hydrogen-bond donors (Lipinski definition) is 1. The maximum atomic E-state index is 11.8. The van der Waals surface area contributed by atoms with Crippen LogP contribution in [0.3, 0.4) is 0 Å². The fourth-order valence-corrected chi connectivity index (χ4v) is 3.66. The molecule has 0 atom stereocenters. The first-order valence-corrected chi connectivity index (χ1v) is 8.81.